The van der Waals surface area contributed by atoms with Crippen molar-refractivity contribution in [2.24, 2.45) is 0 Å². The van der Waals surface area contributed by atoms with Crippen LogP contribution in [0, 0.1) is 5.82 Å². The maximum absolute atomic E-state index is 14.3. The minimum absolute atomic E-state index is 0.161. The van der Waals surface area contributed by atoms with Crippen LogP contribution in [-0.4, -0.2) is 6.54 Å². The predicted molar refractivity (Wildman–Crippen MR) is 87.5 cm³/mol. The maximum Gasteiger partial charge on any atom is 0.146 e. The second kappa shape index (κ2) is 7.06. The van der Waals surface area contributed by atoms with E-state index < -0.39 is 0 Å². The molecule has 1 unspecified atom stereocenters. The van der Waals surface area contributed by atoms with Gasteiger partial charge in [-0.05, 0) is 29.7 Å². The molecule has 2 aromatic rings. The fourth-order valence-electron chi connectivity index (χ4n) is 2.43. The molecule has 0 saturated carbocycles. The summed E-state index contributed by atoms with van der Waals surface area (Å²) < 4.78 is 14.3. The Labute approximate surface area is 131 Å². The zero-order valence-electron chi connectivity index (χ0n) is 12.7. The summed E-state index contributed by atoms with van der Waals surface area (Å²) in [5.41, 5.74) is 2.91. The van der Waals surface area contributed by atoms with Crippen molar-refractivity contribution in [3.63, 3.8) is 0 Å². The lowest BCUT2D eigenvalue weighted by atomic mass is 9.95. The standard InChI is InChI=1S/C18H21ClFN/c1-4-21-18(15-6-5-7-16(19)17(15)20)14-10-8-13(9-11-14)12(2)3/h5-12,18,21H,4H2,1-3H3. The van der Waals surface area contributed by atoms with Gasteiger partial charge >= 0.3 is 0 Å². The first kappa shape index (κ1) is 16.0. The van der Waals surface area contributed by atoms with Crippen molar-refractivity contribution < 1.29 is 4.39 Å². The average Bonchev–Trinajstić information content (AvgIpc) is 2.48. The van der Waals surface area contributed by atoms with Gasteiger partial charge in [-0.3, -0.25) is 0 Å². The molecule has 21 heavy (non-hydrogen) atoms. The largest absolute Gasteiger partial charge is 0.306 e. The molecule has 0 saturated heterocycles. The summed E-state index contributed by atoms with van der Waals surface area (Å²) in [6.45, 7) is 7.08. The van der Waals surface area contributed by atoms with Crippen molar-refractivity contribution in [2.75, 3.05) is 6.54 Å². The minimum Gasteiger partial charge on any atom is -0.306 e. The van der Waals surface area contributed by atoms with Gasteiger partial charge < -0.3 is 5.32 Å². The summed E-state index contributed by atoms with van der Waals surface area (Å²) in [7, 11) is 0. The molecule has 3 heteroatoms. The normalized spacial score (nSPS) is 12.7. The molecule has 112 valence electrons. The highest BCUT2D eigenvalue weighted by atomic mass is 35.5. The zero-order valence-corrected chi connectivity index (χ0v) is 13.4. The van der Waals surface area contributed by atoms with Gasteiger partial charge in [-0.25, -0.2) is 4.39 Å². The van der Waals surface area contributed by atoms with Crippen molar-refractivity contribution >= 4 is 11.6 Å². The minimum atomic E-state index is -0.349. The zero-order chi connectivity index (χ0) is 15.4. The molecular formula is C18H21ClFN. The third kappa shape index (κ3) is 3.63. The van der Waals surface area contributed by atoms with E-state index in [1.165, 1.54) is 5.56 Å². The van der Waals surface area contributed by atoms with Crippen molar-refractivity contribution in [3.8, 4) is 0 Å². The number of benzene rings is 2. The Morgan fingerprint density at radius 2 is 1.67 bits per heavy atom. The van der Waals surface area contributed by atoms with E-state index in [2.05, 4.69) is 43.4 Å². The lowest BCUT2D eigenvalue weighted by molar-refractivity contribution is 0.559. The number of hydrogen-bond acceptors (Lipinski definition) is 1. The van der Waals surface area contributed by atoms with E-state index in [1.54, 1.807) is 18.2 Å². The smallest absolute Gasteiger partial charge is 0.146 e. The first-order chi connectivity index (χ1) is 10.0. The van der Waals surface area contributed by atoms with E-state index in [0.29, 0.717) is 11.5 Å². The van der Waals surface area contributed by atoms with Crippen LogP contribution in [0.2, 0.25) is 5.02 Å². The summed E-state index contributed by atoms with van der Waals surface area (Å²) in [5.74, 6) is 0.137. The maximum atomic E-state index is 14.3. The van der Waals surface area contributed by atoms with Crippen LogP contribution >= 0.6 is 11.6 Å². The van der Waals surface area contributed by atoms with Gasteiger partial charge in [0.25, 0.3) is 0 Å². The van der Waals surface area contributed by atoms with Crippen LogP contribution in [0.4, 0.5) is 4.39 Å². The Morgan fingerprint density at radius 3 is 2.24 bits per heavy atom. The molecule has 1 atom stereocenters. The first-order valence-electron chi connectivity index (χ1n) is 7.31. The summed E-state index contributed by atoms with van der Waals surface area (Å²) in [6.07, 6.45) is 0. The van der Waals surface area contributed by atoms with E-state index in [4.69, 9.17) is 11.6 Å². The third-order valence-electron chi connectivity index (χ3n) is 3.64. The topological polar surface area (TPSA) is 12.0 Å². The van der Waals surface area contributed by atoms with Crippen LogP contribution in [-0.2, 0) is 0 Å². The monoisotopic (exact) mass is 305 g/mol. The Balaban J connectivity index is 2.41. The highest BCUT2D eigenvalue weighted by Crippen LogP contribution is 2.29. The predicted octanol–water partition coefficient (Wildman–Crippen LogP) is 5.30. The second-order valence-corrected chi connectivity index (χ2v) is 5.86. The van der Waals surface area contributed by atoms with E-state index in [0.717, 1.165) is 12.1 Å². The SMILES string of the molecule is CCNC(c1ccc(C(C)C)cc1)c1cccc(Cl)c1F. The van der Waals surface area contributed by atoms with E-state index in [-0.39, 0.29) is 16.9 Å². The molecule has 0 spiro atoms. The molecule has 0 aliphatic rings. The van der Waals surface area contributed by atoms with Gasteiger partial charge in [-0.2, -0.15) is 0 Å². The van der Waals surface area contributed by atoms with Crippen molar-refractivity contribution in [3.05, 3.63) is 70.0 Å². The van der Waals surface area contributed by atoms with E-state index in [9.17, 15) is 4.39 Å². The Morgan fingerprint density at radius 1 is 1.05 bits per heavy atom. The average molecular weight is 306 g/mol. The van der Waals surface area contributed by atoms with Gasteiger partial charge in [0.15, 0.2) is 0 Å². The number of rotatable bonds is 5. The summed E-state index contributed by atoms with van der Waals surface area (Å²) in [4.78, 5) is 0. The van der Waals surface area contributed by atoms with Gasteiger partial charge in [0, 0.05) is 5.56 Å². The summed E-state index contributed by atoms with van der Waals surface area (Å²) in [5, 5.41) is 3.49. The molecule has 0 radical (unpaired) electrons. The van der Waals surface area contributed by atoms with E-state index in [1.807, 2.05) is 6.92 Å². The molecule has 0 bridgehead atoms. The number of hydrogen-bond donors (Lipinski definition) is 1. The highest BCUT2D eigenvalue weighted by molar-refractivity contribution is 6.30. The Kier molecular flexibility index (Phi) is 5.38. The quantitative estimate of drug-likeness (QED) is 0.790. The van der Waals surface area contributed by atoms with Gasteiger partial charge in [-0.15, -0.1) is 0 Å². The van der Waals surface area contributed by atoms with Crippen LogP contribution in [0.25, 0.3) is 0 Å². The second-order valence-electron chi connectivity index (χ2n) is 5.46. The molecule has 1 nitrogen and oxygen atoms in total. The van der Waals surface area contributed by atoms with Crippen LogP contribution in [0.5, 0.6) is 0 Å². The van der Waals surface area contributed by atoms with Crippen molar-refractivity contribution in [1.29, 1.82) is 0 Å². The van der Waals surface area contributed by atoms with Crippen LogP contribution < -0.4 is 5.32 Å². The molecule has 0 fully saturated rings. The summed E-state index contributed by atoms with van der Waals surface area (Å²) >= 11 is 5.91. The van der Waals surface area contributed by atoms with Gasteiger partial charge in [0.2, 0.25) is 0 Å². The molecule has 2 aromatic carbocycles. The fraction of sp³-hybridized carbons (Fsp3) is 0.333. The van der Waals surface area contributed by atoms with Crippen LogP contribution in [0.15, 0.2) is 42.5 Å². The highest BCUT2D eigenvalue weighted by Gasteiger charge is 2.18. The van der Waals surface area contributed by atoms with Crippen molar-refractivity contribution in [2.45, 2.75) is 32.7 Å². The molecule has 0 amide bonds. The van der Waals surface area contributed by atoms with Gasteiger partial charge in [-0.1, -0.05) is 68.8 Å². The molecule has 0 heterocycles. The van der Waals surface area contributed by atoms with Gasteiger partial charge in [0.1, 0.15) is 5.82 Å². The first-order valence-corrected chi connectivity index (χ1v) is 7.69. The Hall–Kier alpha value is -1.38. The molecule has 2 rings (SSSR count). The van der Waals surface area contributed by atoms with Gasteiger partial charge in [0.05, 0.1) is 11.1 Å². The molecule has 0 aliphatic heterocycles. The number of halogens is 2. The lowest BCUT2D eigenvalue weighted by Crippen LogP contribution is -2.23. The van der Waals surface area contributed by atoms with Crippen molar-refractivity contribution in [1.82, 2.24) is 5.32 Å². The molecule has 1 N–H and O–H groups in total. The number of nitrogens with one attached hydrogen (secondary N) is 1. The third-order valence-corrected chi connectivity index (χ3v) is 3.93. The van der Waals surface area contributed by atoms with E-state index >= 15 is 0 Å². The van der Waals surface area contributed by atoms with Crippen LogP contribution in [0.3, 0.4) is 0 Å². The lowest BCUT2D eigenvalue weighted by Gasteiger charge is -2.20. The van der Waals surface area contributed by atoms with Crippen LogP contribution in [0.1, 0.15) is 49.4 Å². The summed E-state index contributed by atoms with van der Waals surface area (Å²) in [6, 6.07) is 13.3. The molecule has 0 aromatic heterocycles. The Bertz CT molecular complexity index is 593. The molecular weight excluding hydrogens is 285 g/mol. The molecule has 0 aliphatic carbocycles. The fourth-order valence-corrected chi connectivity index (χ4v) is 2.61.